The fraction of sp³-hybridized carbons (Fsp3) is 0.545. The number of nitrogens with two attached hydrogens (primary N) is 1. The van der Waals surface area contributed by atoms with Crippen LogP contribution in [0.5, 0.6) is 0 Å². The highest BCUT2D eigenvalue weighted by molar-refractivity contribution is 5.45. The predicted octanol–water partition coefficient (Wildman–Crippen LogP) is 1.28. The van der Waals surface area contributed by atoms with E-state index in [1.165, 1.54) is 0 Å². The average Bonchev–Trinajstić information content (AvgIpc) is 2.16. The number of anilines is 2. The van der Waals surface area contributed by atoms with Gasteiger partial charge in [-0.05, 0) is 26.0 Å². The van der Waals surface area contributed by atoms with Crippen LogP contribution in [0, 0.1) is 0 Å². The Morgan fingerprint density at radius 3 is 2.60 bits per heavy atom. The molecule has 4 heteroatoms. The van der Waals surface area contributed by atoms with E-state index >= 15 is 0 Å². The Morgan fingerprint density at radius 2 is 2.00 bits per heavy atom. The summed E-state index contributed by atoms with van der Waals surface area (Å²) in [6, 6.07) is 5.72. The molecule has 0 radical (unpaired) electrons. The predicted molar refractivity (Wildman–Crippen MR) is 60.9 cm³/mol. The molecule has 1 aliphatic heterocycles. The van der Waals surface area contributed by atoms with E-state index in [9.17, 15) is 0 Å². The normalized spacial score (nSPS) is 26.7. The van der Waals surface area contributed by atoms with Crippen molar-refractivity contribution in [3.63, 3.8) is 0 Å². The van der Waals surface area contributed by atoms with Gasteiger partial charge in [0, 0.05) is 13.1 Å². The van der Waals surface area contributed by atoms with Gasteiger partial charge in [-0.2, -0.15) is 0 Å². The van der Waals surface area contributed by atoms with Crippen LogP contribution in [-0.4, -0.2) is 30.3 Å². The molecule has 82 valence electrons. The molecule has 1 aliphatic rings. The molecular weight excluding hydrogens is 190 g/mol. The van der Waals surface area contributed by atoms with Crippen LogP contribution in [0.3, 0.4) is 0 Å². The van der Waals surface area contributed by atoms with Crippen molar-refractivity contribution in [1.82, 2.24) is 4.98 Å². The number of nitrogen functional groups attached to an aromatic ring is 1. The number of hydrogen-bond acceptors (Lipinski definition) is 4. The Bertz CT molecular complexity index is 332. The maximum Gasteiger partial charge on any atom is 0.131 e. The Balaban J connectivity index is 2.16. The second kappa shape index (κ2) is 4.06. The molecule has 2 heterocycles. The summed E-state index contributed by atoms with van der Waals surface area (Å²) in [4.78, 5) is 6.53. The molecule has 0 spiro atoms. The van der Waals surface area contributed by atoms with Gasteiger partial charge in [-0.1, -0.05) is 6.07 Å². The van der Waals surface area contributed by atoms with Crippen molar-refractivity contribution in [2.75, 3.05) is 23.7 Å². The zero-order chi connectivity index (χ0) is 10.8. The summed E-state index contributed by atoms with van der Waals surface area (Å²) in [5, 5.41) is 0. The van der Waals surface area contributed by atoms with Crippen LogP contribution in [-0.2, 0) is 4.74 Å². The summed E-state index contributed by atoms with van der Waals surface area (Å²) >= 11 is 0. The van der Waals surface area contributed by atoms with Crippen molar-refractivity contribution < 1.29 is 4.74 Å². The third-order valence-corrected chi connectivity index (χ3v) is 2.50. The summed E-state index contributed by atoms with van der Waals surface area (Å²) in [5.41, 5.74) is 5.67. The molecular formula is C11H17N3O. The zero-order valence-electron chi connectivity index (χ0n) is 9.18. The molecule has 0 bridgehead atoms. The smallest absolute Gasteiger partial charge is 0.131 e. The number of nitrogens with zero attached hydrogens (tertiary/aromatic N) is 2. The minimum Gasteiger partial charge on any atom is -0.384 e. The van der Waals surface area contributed by atoms with Gasteiger partial charge < -0.3 is 15.4 Å². The van der Waals surface area contributed by atoms with Crippen LogP contribution in [0.25, 0.3) is 0 Å². The van der Waals surface area contributed by atoms with Crippen molar-refractivity contribution in [2.45, 2.75) is 26.1 Å². The van der Waals surface area contributed by atoms with Crippen LogP contribution < -0.4 is 10.6 Å². The molecule has 4 nitrogen and oxygen atoms in total. The van der Waals surface area contributed by atoms with Crippen molar-refractivity contribution in [3.05, 3.63) is 18.2 Å². The van der Waals surface area contributed by atoms with Gasteiger partial charge in [-0.15, -0.1) is 0 Å². The van der Waals surface area contributed by atoms with E-state index in [0.717, 1.165) is 18.9 Å². The lowest BCUT2D eigenvalue weighted by atomic mass is 10.2. The Morgan fingerprint density at radius 1 is 1.33 bits per heavy atom. The largest absolute Gasteiger partial charge is 0.384 e. The SMILES string of the molecule is C[C@H]1CN(c2cccc(N)n2)C[C@H](C)O1. The molecule has 2 rings (SSSR count). The van der Waals surface area contributed by atoms with Gasteiger partial charge in [0.15, 0.2) is 0 Å². The number of hydrogen-bond donors (Lipinski definition) is 1. The molecule has 0 saturated carbocycles. The maximum absolute atomic E-state index is 5.67. The van der Waals surface area contributed by atoms with Crippen molar-refractivity contribution in [1.29, 1.82) is 0 Å². The first-order valence-electron chi connectivity index (χ1n) is 5.28. The van der Waals surface area contributed by atoms with Crippen LogP contribution in [0.1, 0.15) is 13.8 Å². The van der Waals surface area contributed by atoms with Crippen molar-refractivity contribution >= 4 is 11.6 Å². The topological polar surface area (TPSA) is 51.4 Å². The van der Waals surface area contributed by atoms with E-state index in [4.69, 9.17) is 10.5 Å². The molecule has 0 amide bonds. The third-order valence-electron chi connectivity index (χ3n) is 2.50. The van der Waals surface area contributed by atoms with E-state index in [-0.39, 0.29) is 12.2 Å². The van der Waals surface area contributed by atoms with Gasteiger partial charge in [0.1, 0.15) is 11.6 Å². The van der Waals surface area contributed by atoms with E-state index in [0.29, 0.717) is 5.82 Å². The van der Waals surface area contributed by atoms with Gasteiger partial charge in [0.25, 0.3) is 0 Å². The molecule has 0 unspecified atom stereocenters. The lowest BCUT2D eigenvalue weighted by Gasteiger charge is -2.36. The Kier molecular flexibility index (Phi) is 2.77. The fourth-order valence-corrected chi connectivity index (χ4v) is 1.98. The summed E-state index contributed by atoms with van der Waals surface area (Å²) in [7, 11) is 0. The third kappa shape index (κ3) is 2.39. The highest BCUT2D eigenvalue weighted by Gasteiger charge is 2.22. The van der Waals surface area contributed by atoms with Crippen LogP contribution >= 0.6 is 0 Å². The molecule has 1 saturated heterocycles. The first-order valence-corrected chi connectivity index (χ1v) is 5.28. The van der Waals surface area contributed by atoms with E-state index in [1.807, 2.05) is 12.1 Å². The van der Waals surface area contributed by atoms with Gasteiger partial charge in [0.05, 0.1) is 12.2 Å². The quantitative estimate of drug-likeness (QED) is 0.753. The second-order valence-corrected chi connectivity index (χ2v) is 4.08. The standard InChI is InChI=1S/C11H17N3O/c1-8-6-14(7-9(2)15-8)11-5-3-4-10(12)13-11/h3-5,8-9H,6-7H2,1-2H3,(H2,12,13)/t8-,9-/m0/s1. The highest BCUT2D eigenvalue weighted by Crippen LogP contribution is 2.18. The minimum absolute atomic E-state index is 0.247. The van der Waals surface area contributed by atoms with Crippen LogP contribution in [0.4, 0.5) is 11.6 Å². The average molecular weight is 207 g/mol. The first-order chi connectivity index (χ1) is 7.15. The van der Waals surface area contributed by atoms with Gasteiger partial charge in [-0.25, -0.2) is 4.98 Å². The summed E-state index contributed by atoms with van der Waals surface area (Å²) in [6.45, 7) is 5.91. The van der Waals surface area contributed by atoms with Crippen molar-refractivity contribution in [3.8, 4) is 0 Å². The highest BCUT2D eigenvalue weighted by atomic mass is 16.5. The van der Waals surface area contributed by atoms with Gasteiger partial charge in [0.2, 0.25) is 0 Å². The number of morpholine rings is 1. The van der Waals surface area contributed by atoms with E-state index in [1.54, 1.807) is 6.07 Å². The molecule has 0 aliphatic carbocycles. The Labute approximate surface area is 90.0 Å². The number of ether oxygens (including phenoxy) is 1. The molecule has 15 heavy (non-hydrogen) atoms. The summed E-state index contributed by atoms with van der Waals surface area (Å²) in [6.07, 6.45) is 0.494. The number of rotatable bonds is 1. The van der Waals surface area contributed by atoms with Gasteiger partial charge in [-0.3, -0.25) is 0 Å². The Hall–Kier alpha value is -1.29. The summed E-state index contributed by atoms with van der Waals surface area (Å²) < 4.78 is 5.67. The molecule has 1 aromatic heterocycles. The van der Waals surface area contributed by atoms with Gasteiger partial charge >= 0.3 is 0 Å². The lowest BCUT2D eigenvalue weighted by Crippen LogP contribution is -2.45. The number of pyridine rings is 1. The first kappa shape index (κ1) is 10.2. The maximum atomic E-state index is 5.67. The molecule has 1 fully saturated rings. The monoisotopic (exact) mass is 207 g/mol. The summed E-state index contributed by atoms with van der Waals surface area (Å²) in [5.74, 6) is 1.51. The van der Waals surface area contributed by atoms with Crippen LogP contribution in [0.15, 0.2) is 18.2 Å². The minimum atomic E-state index is 0.247. The van der Waals surface area contributed by atoms with Crippen LogP contribution in [0.2, 0.25) is 0 Å². The lowest BCUT2D eigenvalue weighted by molar-refractivity contribution is -0.00545. The fourth-order valence-electron chi connectivity index (χ4n) is 1.98. The van der Waals surface area contributed by atoms with E-state index in [2.05, 4.69) is 23.7 Å². The van der Waals surface area contributed by atoms with E-state index < -0.39 is 0 Å². The zero-order valence-corrected chi connectivity index (χ0v) is 9.18. The molecule has 2 atom stereocenters. The second-order valence-electron chi connectivity index (χ2n) is 4.08. The van der Waals surface area contributed by atoms with Crippen molar-refractivity contribution in [2.24, 2.45) is 0 Å². The number of aromatic nitrogens is 1. The molecule has 0 aromatic carbocycles. The molecule has 2 N–H and O–H groups in total. The molecule has 1 aromatic rings.